The fourth-order valence-corrected chi connectivity index (χ4v) is 2.15. The SMILES string of the molecule is C#CCCC(Cc1ccc2ccccc2c1)NN. The molecule has 0 bridgehead atoms. The second-order valence-corrected chi connectivity index (χ2v) is 4.49. The van der Waals surface area contributed by atoms with Gasteiger partial charge in [0.2, 0.25) is 0 Å². The number of rotatable bonds is 5. The standard InChI is InChI=1S/C16H18N2/c1-2-3-8-16(18-17)12-13-9-10-14-6-4-5-7-15(14)11-13/h1,4-7,9-11,16,18H,3,8,12,17H2. The molecule has 1 unspecified atom stereocenters. The summed E-state index contributed by atoms with van der Waals surface area (Å²) in [6.07, 6.45) is 7.84. The van der Waals surface area contributed by atoms with Crippen molar-refractivity contribution in [1.29, 1.82) is 0 Å². The van der Waals surface area contributed by atoms with Crippen molar-refractivity contribution in [1.82, 2.24) is 5.43 Å². The van der Waals surface area contributed by atoms with Crippen LogP contribution in [-0.4, -0.2) is 6.04 Å². The molecule has 0 radical (unpaired) electrons. The number of hydrogen-bond donors (Lipinski definition) is 2. The maximum atomic E-state index is 5.56. The first-order valence-electron chi connectivity index (χ1n) is 6.21. The first kappa shape index (κ1) is 12.6. The predicted molar refractivity (Wildman–Crippen MR) is 76.8 cm³/mol. The Kier molecular flexibility index (Phi) is 4.35. The second kappa shape index (κ2) is 6.20. The second-order valence-electron chi connectivity index (χ2n) is 4.49. The fraction of sp³-hybridized carbons (Fsp3) is 0.250. The van der Waals surface area contributed by atoms with E-state index in [1.165, 1.54) is 16.3 Å². The van der Waals surface area contributed by atoms with Gasteiger partial charge >= 0.3 is 0 Å². The molecule has 0 aliphatic carbocycles. The molecule has 2 heteroatoms. The Morgan fingerprint density at radius 3 is 2.67 bits per heavy atom. The van der Waals surface area contributed by atoms with Gasteiger partial charge in [-0.05, 0) is 29.2 Å². The molecule has 18 heavy (non-hydrogen) atoms. The minimum Gasteiger partial charge on any atom is -0.271 e. The quantitative estimate of drug-likeness (QED) is 0.477. The minimum absolute atomic E-state index is 0.238. The molecule has 0 aliphatic heterocycles. The van der Waals surface area contributed by atoms with E-state index in [2.05, 4.69) is 53.8 Å². The third-order valence-electron chi connectivity index (χ3n) is 3.17. The van der Waals surface area contributed by atoms with Crippen LogP contribution >= 0.6 is 0 Å². The molecule has 0 aromatic heterocycles. The maximum absolute atomic E-state index is 5.56. The number of fused-ring (bicyclic) bond motifs is 1. The van der Waals surface area contributed by atoms with Crippen molar-refractivity contribution in [2.45, 2.75) is 25.3 Å². The Morgan fingerprint density at radius 2 is 1.94 bits per heavy atom. The molecule has 3 N–H and O–H groups in total. The van der Waals surface area contributed by atoms with Crippen LogP contribution in [0.4, 0.5) is 0 Å². The van der Waals surface area contributed by atoms with Crippen molar-refractivity contribution in [3.63, 3.8) is 0 Å². The largest absolute Gasteiger partial charge is 0.271 e. The van der Waals surface area contributed by atoms with Gasteiger partial charge in [0, 0.05) is 12.5 Å². The smallest absolute Gasteiger partial charge is 0.0260 e. The molecule has 0 saturated carbocycles. The Labute approximate surface area is 108 Å². The van der Waals surface area contributed by atoms with Gasteiger partial charge in [-0.25, -0.2) is 0 Å². The lowest BCUT2D eigenvalue weighted by Crippen LogP contribution is -2.36. The highest BCUT2D eigenvalue weighted by molar-refractivity contribution is 5.82. The summed E-state index contributed by atoms with van der Waals surface area (Å²) in [6, 6.07) is 15.1. The Balaban J connectivity index is 2.13. The van der Waals surface area contributed by atoms with Crippen LogP contribution in [0.1, 0.15) is 18.4 Å². The summed E-state index contributed by atoms with van der Waals surface area (Å²) in [6.45, 7) is 0. The van der Waals surface area contributed by atoms with Crippen LogP contribution in [0.2, 0.25) is 0 Å². The number of nitrogens with one attached hydrogen (secondary N) is 1. The van der Waals surface area contributed by atoms with E-state index < -0.39 is 0 Å². The van der Waals surface area contributed by atoms with E-state index >= 15 is 0 Å². The van der Waals surface area contributed by atoms with Crippen LogP contribution in [0.3, 0.4) is 0 Å². The zero-order valence-corrected chi connectivity index (χ0v) is 10.4. The van der Waals surface area contributed by atoms with E-state index in [-0.39, 0.29) is 6.04 Å². The van der Waals surface area contributed by atoms with Crippen molar-refractivity contribution in [2.24, 2.45) is 5.84 Å². The summed E-state index contributed by atoms with van der Waals surface area (Å²) in [4.78, 5) is 0. The molecule has 0 saturated heterocycles. The number of hydrogen-bond acceptors (Lipinski definition) is 2. The van der Waals surface area contributed by atoms with Crippen molar-refractivity contribution in [2.75, 3.05) is 0 Å². The average molecular weight is 238 g/mol. The topological polar surface area (TPSA) is 38.0 Å². The first-order valence-corrected chi connectivity index (χ1v) is 6.21. The van der Waals surface area contributed by atoms with Crippen molar-refractivity contribution in [3.8, 4) is 12.3 Å². The zero-order chi connectivity index (χ0) is 12.8. The molecule has 0 fully saturated rings. The molecule has 1 atom stereocenters. The van der Waals surface area contributed by atoms with Gasteiger partial charge in [0.25, 0.3) is 0 Å². The van der Waals surface area contributed by atoms with Crippen LogP contribution in [0.5, 0.6) is 0 Å². The van der Waals surface area contributed by atoms with Gasteiger partial charge in [0.1, 0.15) is 0 Å². The molecule has 2 aromatic carbocycles. The zero-order valence-electron chi connectivity index (χ0n) is 10.4. The summed E-state index contributed by atoms with van der Waals surface area (Å²) in [5.74, 6) is 8.21. The minimum atomic E-state index is 0.238. The Morgan fingerprint density at radius 1 is 1.17 bits per heavy atom. The van der Waals surface area contributed by atoms with Crippen molar-refractivity contribution < 1.29 is 0 Å². The van der Waals surface area contributed by atoms with Gasteiger partial charge in [0.05, 0.1) is 0 Å². The number of benzene rings is 2. The third-order valence-corrected chi connectivity index (χ3v) is 3.17. The lowest BCUT2D eigenvalue weighted by molar-refractivity contribution is 0.498. The molecule has 0 heterocycles. The summed E-state index contributed by atoms with van der Waals surface area (Å²) in [7, 11) is 0. The average Bonchev–Trinajstić information content (AvgIpc) is 2.43. The van der Waals surface area contributed by atoms with E-state index in [0.29, 0.717) is 0 Å². The highest BCUT2D eigenvalue weighted by Gasteiger charge is 2.07. The monoisotopic (exact) mass is 238 g/mol. The molecule has 2 aromatic rings. The summed E-state index contributed by atoms with van der Waals surface area (Å²) in [5, 5.41) is 2.53. The number of nitrogens with two attached hydrogens (primary N) is 1. The first-order chi connectivity index (χ1) is 8.83. The highest BCUT2D eigenvalue weighted by atomic mass is 15.2. The lowest BCUT2D eigenvalue weighted by Gasteiger charge is -2.14. The van der Waals surface area contributed by atoms with E-state index in [0.717, 1.165) is 19.3 Å². The van der Waals surface area contributed by atoms with Crippen molar-refractivity contribution in [3.05, 3.63) is 48.0 Å². The van der Waals surface area contributed by atoms with Gasteiger partial charge in [-0.1, -0.05) is 42.5 Å². The molecule has 0 aliphatic rings. The van der Waals surface area contributed by atoms with Crippen LogP contribution < -0.4 is 11.3 Å². The van der Waals surface area contributed by atoms with E-state index in [9.17, 15) is 0 Å². The summed E-state index contributed by atoms with van der Waals surface area (Å²) >= 11 is 0. The maximum Gasteiger partial charge on any atom is 0.0260 e. The third kappa shape index (κ3) is 3.10. The number of hydrazine groups is 1. The lowest BCUT2D eigenvalue weighted by atomic mass is 9.99. The molecular weight excluding hydrogens is 220 g/mol. The Bertz CT molecular complexity index is 554. The Hall–Kier alpha value is -1.82. The van der Waals surface area contributed by atoms with Crippen LogP contribution in [0.15, 0.2) is 42.5 Å². The van der Waals surface area contributed by atoms with Crippen molar-refractivity contribution >= 4 is 10.8 Å². The normalized spacial score (nSPS) is 12.2. The summed E-state index contributed by atoms with van der Waals surface area (Å²) in [5.41, 5.74) is 4.12. The van der Waals surface area contributed by atoms with Gasteiger partial charge < -0.3 is 0 Å². The van der Waals surface area contributed by atoms with Crippen LogP contribution in [-0.2, 0) is 6.42 Å². The summed E-state index contributed by atoms with van der Waals surface area (Å²) < 4.78 is 0. The molecule has 0 spiro atoms. The number of terminal acetylenes is 1. The molecule has 92 valence electrons. The van der Waals surface area contributed by atoms with Gasteiger partial charge in [-0.3, -0.25) is 11.3 Å². The predicted octanol–water partition coefficient (Wildman–Crippen LogP) is 2.63. The van der Waals surface area contributed by atoms with Gasteiger partial charge in [-0.15, -0.1) is 12.3 Å². The fourth-order valence-electron chi connectivity index (χ4n) is 2.15. The highest BCUT2D eigenvalue weighted by Crippen LogP contribution is 2.17. The van der Waals surface area contributed by atoms with Gasteiger partial charge in [-0.2, -0.15) is 0 Å². The molecule has 0 amide bonds. The van der Waals surface area contributed by atoms with E-state index in [1.54, 1.807) is 0 Å². The van der Waals surface area contributed by atoms with Crippen LogP contribution in [0, 0.1) is 12.3 Å². The van der Waals surface area contributed by atoms with E-state index in [1.807, 2.05) is 0 Å². The molecule has 2 rings (SSSR count). The van der Waals surface area contributed by atoms with Gasteiger partial charge in [0.15, 0.2) is 0 Å². The molecule has 2 nitrogen and oxygen atoms in total. The van der Waals surface area contributed by atoms with E-state index in [4.69, 9.17) is 12.3 Å². The molecular formula is C16H18N2. The van der Waals surface area contributed by atoms with Crippen LogP contribution in [0.25, 0.3) is 10.8 Å².